The van der Waals surface area contributed by atoms with Crippen LogP contribution in [0.25, 0.3) is 28.2 Å². The van der Waals surface area contributed by atoms with E-state index in [-0.39, 0.29) is 39.9 Å². The van der Waals surface area contributed by atoms with Crippen LogP contribution in [-0.4, -0.2) is 45.2 Å². The maximum atomic E-state index is 15.6. The lowest BCUT2D eigenvalue weighted by atomic mass is 9.97. The molecule has 0 radical (unpaired) electrons. The number of aromatic nitrogens is 8. The van der Waals surface area contributed by atoms with Gasteiger partial charge in [-0.1, -0.05) is 24.6 Å². The first-order valence-corrected chi connectivity index (χ1v) is 14.0. The van der Waals surface area contributed by atoms with E-state index in [1.54, 1.807) is 32.0 Å². The Kier molecular flexibility index (Phi) is 7.71. The highest BCUT2D eigenvalue weighted by Crippen LogP contribution is 2.35. The molecule has 45 heavy (non-hydrogen) atoms. The first-order chi connectivity index (χ1) is 21.7. The average molecular weight is 615 g/mol. The minimum atomic E-state index is -2.97. The molecule has 5 heterocycles. The molecule has 15 heteroatoms. The number of anilines is 1. The molecule has 2 bridgehead atoms. The number of nitriles is 1. The maximum absolute atomic E-state index is 15.6. The second kappa shape index (κ2) is 11.8. The molecule has 0 saturated carbocycles. The lowest BCUT2D eigenvalue weighted by Crippen LogP contribution is -2.27. The number of aryl methyl sites for hydroxylation is 1. The van der Waals surface area contributed by atoms with Crippen LogP contribution in [0.5, 0.6) is 0 Å². The number of benzene rings is 1. The van der Waals surface area contributed by atoms with Gasteiger partial charge in [0, 0.05) is 23.7 Å². The molecule has 0 saturated heterocycles. The fourth-order valence-electron chi connectivity index (χ4n) is 5.42. The summed E-state index contributed by atoms with van der Waals surface area (Å²) in [5.74, 6) is -1.42. The van der Waals surface area contributed by atoms with Crippen LogP contribution in [-0.2, 0) is 4.79 Å². The number of carbonyl (C=O) groups is 1. The number of nitrogens with zero attached hydrogens (tertiary/aromatic N) is 9. The summed E-state index contributed by atoms with van der Waals surface area (Å²) in [6, 6.07) is 8.62. The molecule has 0 spiro atoms. The summed E-state index contributed by atoms with van der Waals surface area (Å²) in [5, 5.41) is 23.3. The number of nitrogens with one attached hydrogen (secondary N) is 1. The minimum absolute atomic E-state index is 0.0000754. The third kappa shape index (κ3) is 5.46. The van der Waals surface area contributed by atoms with Crippen LogP contribution in [0.1, 0.15) is 55.7 Å². The first-order valence-electron chi connectivity index (χ1n) is 14.0. The fraction of sp³-hybridized carbons (Fsp3) is 0.267. The monoisotopic (exact) mass is 614 g/mol. The van der Waals surface area contributed by atoms with E-state index in [0.29, 0.717) is 40.8 Å². The Morgan fingerprint density at radius 1 is 1.13 bits per heavy atom. The molecule has 1 aliphatic heterocycles. The van der Waals surface area contributed by atoms with Gasteiger partial charge in [0.15, 0.2) is 5.69 Å². The Bertz CT molecular complexity index is 2030. The molecule has 5 aromatic rings. The van der Waals surface area contributed by atoms with E-state index in [0.717, 1.165) is 0 Å². The quantitative estimate of drug-likeness (QED) is 0.303. The summed E-state index contributed by atoms with van der Waals surface area (Å²) in [6.45, 7) is 0.330. The van der Waals surface area contributed by atoms with Gasteiger partial charge >= 0.3 is 6.55 Å². The molecule has 1 N–H and O–H groups in total. The number of amides is 1. The Morgan fingerprint density at radius 2 is 1.96 bits per heavy atom. The van der Waals surface area contributed by atoms with Crippen LogP contribution in [0.3, 0.4) is 0 Å². The zero-order chi connectivity index (χ0) is 31.8. The Hall–Kier alpha value is -5.65. The molecule has 4 aromatic heterocycles. The van der Waals surface area contributed by atoms with Crippen molar-refractivity contribution in [2.75, 3.05) is 5.32 Å². The summed E-state index contributed by atoms with van der Waals surface area (Å²) in [4.78, 5) is 35.5. The average Bonchev–Trinajstić information content (AvgIpc) is 3.68. The minimum Gasteiger partial charge on any atom is -0.323 e. The molecule has 1 aliphatic rings. The molecule has 6 rings (SSSR count). The predicted molar refractivity (Wildman–Crippen MR) is 155 cm³/mol. The van der Waals surface area contributed by atoms with Crippen molar-refractivity contribution in [3.8, 4) is 34.3 Å². The standard InChI is InChI=1S/C30H25F3N10O2/c1-16-6-7-24(42-14-19(12-34)39-40-42)26(27(16)31)21-11-25(44)41(15-36-21)23-5-3-4-17(2)29(45)38-22-13-37-43(30(32)33)28(22)18-8-9-35-20(23)10-18/h6-11,13-15,17,23,30H,3-5H2,1-2H3,(H,38,45)/t17-,23+/m1/s1. The molecular weight excluding hydrogens is 589 g/mol. The normalized spacial score (nSPS) is 16.8. The Labute approximate surface area is 253 Å². The van der Waals surface area contributed by atoms with Crippen LogP contribution < -0.4 is 10.9 Å². The number of halogens is 3. The third-order valence-electron chi connectivity index (χ3n) is 7.79. The molecule has 12 nitrogen and oxygen atoms in total. The van der Waals surface area contributed by atoms with Crippen LogP contribution >= 0.6 is 0 Å². The molecule has 228 valence electrons. The number of hydrogen-bond donors (Lipinski definition) is 1. The van der Waals surface area contributed by atoms with Crippen molar-refractivity contribution in [2.45, 2.75) is 45.7 Å². The molecule has 2 atom stereocenters. The number of fused-ring (bicyclic) bond motifs is 4. The van der Waals surface area contributed by atoms with Crippen molar-refractivity contribution >= 4 is 11.6 Å². The number of hydrogen-bond acceptors (Lipinski definition) is 8. The van der Waals surface area contributed by atoms with Crippen molar-refractivity contribution in [1.82, 2.24) is 39.3 Å². The van der Waals surface area contributed by atoms with Crippen molar-refractivity contribution in [2.24, 2.45) is 5.92 Å². The number of rotatable bonds is 4. The van der Waals surface area contributed by atoms with Crippen molar-refractivity contribution in [3.63, 3.8) is 0 Å². The van der Waals surface area contributed by atoms with E-state index >= 15 is 4.39 Å². The van der Waals surface area contributed by atoms with E-state index in [4.69, 9.17) is 5.26 Å². The number of pyridine rings is 1. The van der Waals surface area contributed by atoms with Gasteiger partial charge in [0.2, 0.25) is 5.91 Å². The van der Waals surface area contributed by atoms with Crippen LogP contribution in [0.4, 0.5) is 18.9 Å². The van der Waals surface area contributed by atoms with E-state index in [2.05, 4.69) is 30.7 Å². The van der Waals surface area contributed by atoms with Crippen molar-refractivity contribution < 1.29 is 18.0 Å². The van der Waals surface area contributed by atoms with Gasteiger partial charge in [-0.3, -0.25) is 19.1 Å². The van der Waals surface area contributed by atoms with Crippen molar-refractivity contribution in [1.29, 1.82) is 5.26 Å². The first kappa shape index (κ1) is 29.4. The molecule has 0 aliphatic carbocycles. The molecule has 0 fully saturated rings. The van der Waals surface area contributed by atoms with E-state index < -0.39 is 29.9 Å². The van der Waals surface area contributed by atoms with Crippen molar-refractivity contribution in [3.05, 3.63) is 88.4 Å². The predicted octanol–water partition coefficient (Wildman–Crippen LogP) is 4.81. The lowest BCUT2D eigenvalue weighted by molar-refractivity contribution is -0.119. The second-order valence-corrected chi connectivity index (χ2v) is 10.7. The van der Waals surface area contributed by atoms with E-state index in [1.807, 2.05) is 6.07 Å². The van der Waals surface area contributed by atoms with Gasteiger partial charge in [0.25, 0.3) is 5.56 Å². The number of alkyl halides is 2. The highest BCUT2D eigenvalue weighted by atomic mass is 19.3. The molecule has 1 aromatic carbocycles. The molecular formula is C30H25F3N10O2. The summed E-state index contributed by atoms with van der Waals surface area (Å²) in [7, 11) is 0. The SMILES string of the molecule is Cc1ccc(-n2cc(C#N)nn2)c(-c2cc(=O)n([C@H]3CCC[C@@H](C)C(=O)Nc4cnn(C(F)F)c4-c4ccnc3c4)cn2)c1F. The largest absolute Gasteiger partial charge is 0.333 e. The van der Waals surface area contributed by atoms with Gasteiger partial charge in [-0.05, 0) is 43.5 Å². The smallest absolute Gasteiger partial charge is 0.323 e. The highest BCUT2D eigenvalue weighted by Gasteiger charge is 2.26. The molecule has 0 unspecified atom stereocenters. The highest BCUT2D eigenvalue weighted by molar-refractivity contribution is 5.95. The zero-order valence-corrected chi connectivity index (χ0v) is 24.0. The van der Waals surface area contributed by atoms with E-state index in [9.17, 15) is 18.4 Å². The van der Waals surface area contributed by atoms with Gasteiger partial charge in [-0.2, -0.15) is 19.1 Å². The van der Waals surface area contributed by atoms with Gasteiger partial charge in [0.05, 0.1) is 58.8 Å². The summed E-state index contributed by atoms with van der Waals surface area (Å²) >= 11 is 0. The van der Waals surface area contributed by atoms with Gasteiger partial charge in [-0.25, -0.2) is 18.7 Å². The number of carbonyl (C=O) groups excluding carboxylic acids is 1. The maximum Gasteiger partial charge on any atom is 0.333 e. The Morgan fingerprint density at radius 3 is 2.69 bits per heavy atom. The summed E-state index contributed by atoms with van der Waals surface area (Å²) in [5.41, 5.74) is 0.948. The zero-order valence-electron chi connectivity index (χ0n) is 24.0. The molecule has 1 amide bonds. The topological polar surface area (TPSA) is 149 Å². The van der Waals surface area contributed by atoms with Crippen LogP contribution in [0.15, 0.2) is 60.0 Å². The van der Waals surface area contributed by atoms with Crippen LogP contribution in [0.2, 0.25) is 0 Å². The lowest BCUT2D eigenvalue weighted by Gasteiger charge is -2.22. The Balaban J connectivity index is 1.46. The van der Waals surface area contributed by atoms with Crippen LogP contribution in [0, 0.1) is 30.0 Å². The van der Waals surface area contributed by atoms with Gasteiger partial charge < -0.3 is 5.32 Å². The van der Waals surface area contributed by atoms with Gasteiger partial charge in [0.1, 0.15) is 11.9 Å². The van der Waals surface area contributed by atoms with Gasteiger partial charge in [-0.15, -0.1) is 5.10 Å². The fourth-order valence-corrected chi connectivity index (χ4v) is 5.42. The third-order valence-corrected chi connectivity index (χ3v) is 7.79. The second-order valence-electron chi connectivity index (χ2n) is 10.7. The van der Waals surface area contributed by atoms with E-state index in [1.165, 1.54) is 46.3 Å². The summed E-state index contributed by atoms with van der Waals surface area (Å²) in [6.07, 6.45) is 6.59. The summed E-state index contributed by atoms with van der Waals surface area (Å²) < 4.78 is 46.6.